The Bertz CT molecular complexity index is 525. The van der Waals surface area contributed by atoms with Crippen molar-refractivity contribution in [3.05, 3.63) is 32.9 Å². The zero-order chi connectivity index (χ0) is 14.6. The zero-order valence-electron chi connectivity index (χ0n) is 11.2. The summed E-state index contributed by atoms with van der Waals surface area (Å²) in [5, 5.41) is 9.63. The monoisotopic (exact) mass is 274 g/mol. The van der Waals surface area contributed by atoms with Crippen molar-refractivity contribution < 1.29 is 14.2 Å². The molecule has 1 aliphatic heterocycles. The minimum Gasteiger partial charge on any atom is -0.390 e. The van der Waals surface area contributed by atoms with E-state index in [1.54, 1.807) is 0 Å². The number of hydrogen-bond donors (Lipinski definition) is 2. The number of aromatic nitrogens is 2. The highest BCUT2D eigenvalue weighted by Gasteiger charge is 2.34. The predicted octanol–water partition coefficient (Wildman–Crippen LogP) is 0.760. The molecule has 2 heterocycles. The number of aliphatic hydroxyl groups is 1. The number of hydrogen-bond acceptors (Lipinski definition) is 4. The van der Waals surface area contributed by atoms with Gasteiger partial charge in [-0.3, -0.25) is 14.3 Å². The largest absolute Gasteiger partial charge is 0.390 e. The Morgan fingerprint density at radius 3 is 2.68 bits per heavy atom. The van der Waals surface area contributed by atoms with E-state index in [2.05, 4.69) is 0 Å². The van der Waals surface area contributed by atoms with Crippen LogP contribution in [0.2, 0.25) is 0 Å². The van der Waals surface area contributed by atoms with Gasteiger partial charge >= 0.3 is 5.69 Å². The lowest BCUT2D eigenvalue weighted by Gasteiger charge is -2.14. The molecule has 0 saturated carbocycles. The quantitative estimate of drug-likeness (QED) is 0.834. The van der Waals surface area contributed by atoms with E-state index in [1.165, 1.54) is 0 Å². The first-order valence-corrected chi connectivity index (χ1v) is 6.37. The van der Waals surface area contributed by atoms with Crippen LogP contribution in [0.25, 0.3) is 0 Å². The van der Waals surface area contributed by atoms with Crippen LogP contribution in [0.5, 0.6) is 0 Å². The number of halogens is 1. The summed E-state index contributed by atoms with van der Waals surface area (Å²) >= 11 is 0. The molecule has 0 unspecified atom stereocenters. The summed E-state index contributed by atoms with van der Waals surface area (Å²) in [6.07, 6.45) is -0.207. The number of nitrogens with one attached hydrogen (secondary N) is 1. The fourth-order valence-corrected chi connectivity index (χ4v) is 1.93. The van der Waals surface area contributed by atoms with Gasteiger partial charge in [-0.25, -0.2) is 4.79 Å². The molecule has 1 aromatic rings. The van der Waals surface area contributed by atoms with Gasteiger partial charge in [-0.05, 0) is 6.42 Å². The molecule has 108 valence electrons. The molecular formula is C12H19FN2O4. The molecule has 0 radical (unpaired) electrons. The lowest BCUT2D eigenvalue weighted by Crippen LogP contribution is -2.33. The van der Waals surface area contributed by atoms with Gasteiger partial charge in [0.05, 0.1) is 18.4 Å². The molecule has 19 heavy (non-hydrogen) atoms. The maximum atomic E-state index is 13.1. The average molecular weight is 274 g/mol. The smallest absolute Gasteiger partial charge is 0.330 e. The van der Waals surface area contributed by atoms with Crippen molar-refractivity contribution in [1.82, 2.24) is 9.55 Å². The maximum Gasteiger partial charge on any atom is 0.330 e. The third-order valence-corrected chi connectivity index (χ3v) is 2.84. The third kappa shape index (κ3) is 3.30. The molecule has 3 atom stereocenters. The van der Waals surface area contributed by atoms with Gasteiger partial charge in [-0.15, -0.1) is 0 Å². The number of aliphatic hydroxyl groups excluding tert-OH is 1. The first-order valence-electron chi connectivity index (χ1n) is 6.37. The van der Waals surface area contributed by atoms with Crippen LogP contribution < -0.4 is 11.2 Å². The Hall–Kier alpha value is -1.47. The van der Waals surface area contributed by atoms with Crippen molar-refractivity contribution >= 4 is 0 Å². The summed E-state index contributed by atoms with van der Waals surface area (Å²) in [4.78, 5) is 24.2. The van der Waals surface area contributed by atoms with Gasteiger partial charge in [0.25, 0.3) is 5.56 Å². The highest BCUT2D eigenvalue weighted by Crippen LogP contribution is 2.28. The van der Waals surface area contributed by atoms with E-state index in [-0.39, 0.29) is 12.5 Å². The number of nitrogens with zero attached hydrogens (tertiary/aromatic N) is 1. The van der Waals surface area contributed by atoms with Gasteiger partial charge in [0, 0.05) is 6.42 Å². The SMILES string of the molecule is CC.CC[C@H]1O[C@@H](n2cc(F)c(=O)[nH]c2=O)C[C@@H]1O. The standard InChI is InChI=1S/C10H13FN2O4.C2H6/c1-2-7-6(14)3-8(17-7)13-4-5(11)9(15)12-10(13)16;1-2/h4,6-8,14H,2-3H2,1H3,(H,12,15,16);1-2H3/t6-,7+,8+;/m0./s1. The number of rotatable bonds is 2. The highest BCUT2D eigenvalue weighted by atomic mass is 19.1. The Morgan fingerprint density at radius 1 is 1.53 bits per heavy atom. The second-order valence-corrected chi connectivity index (χ2v) is 3.98. The fraction of sp³-hybridized carbons (Fsp3) is 0.667. The van der Waals surface area contributed by atoms with Crippen LogP contribution in [0.3, 0.4) is 0 Å². The molecule has 6 nitrogen and oxygen atoms in total. The second kappa shape index (κ2) is 6.63. The van der Waals surface area contributed by atoms with Crippen LogP contribution >= 0.6 is 0 Å². The molecule has 1 aliphatic rings. The lowest BCUT2D eigenvalue weighted by atomic mass is 10.1. The summed E-state index contributed by atoms with van der Waals surface area (Å²) in [5.74, 6) is -1.05. The lowest BCUT2D eigenvalue weighted by molar-refractivity contribution is -0.0221. The Balaban J connectivity index is 0.000000861. The van der Waals surface area contributed by atoms with Gasteiger partial charge in [0.2, 0.25) is 5.82 Å². The molecule has 7 heteroatoms. The molecule has 0 spiro atoms. The van der Waals surface area contributed by atoms with Crippen LogP contribution in [0.15, 0.2) is 15.8 Å². The maximum absolute atomic E-state index is 13.1. The summed E-state index contributed by atoms with van der Waals surface area (Å²) in [6.45, 7) is 5.84. The molecule has 1 saturated heterocycles. The molecule has 2 N–H and O–H groups in total. The van der Waals surface area contributed by atoms with Crippen LogP contribution in [-0.4, -0.2) is 26.9 Å². The zero-order valence-corrected chi connectivity index (χ0v) is 11.2. The Morgan fingerprint density at radius 2 is 2.16 bits per heavy atom. The van der Waals surface area contributed by atoms with E-state index in [0.717, 1.165) is 10.8 Å². The molecule has 0 amide bonds. The van der Waals surface area contributed by atoms with Gasteiger partial charge in [-0.2, -0.15) is 4.39 Å². The van der Waals surface area contributed by atoms with E-state index >= 15 is 0 Å². The van der Waals surface area contributed by atoms with Gasteiger partial charge < -0.3 is 9.84 Å². The molecule has 1 aromatic heterocycles. The Kier molecular flexibility index (Phi) is 5.44. The molecule has 0 aliphatic carbocycles. The number of H-pyrrole nitrogens is 1. The van der Waals surface area contributed by atoms with Crippen LogP contribution in [-0.2, 0) is 4.74 Å². The molecule has 1 fully saturated rings. The number of aromatic amines is 1. The fourth-order valence-electron chi connectivity index (χ4n) is 1.93. The van der Waals surface area contributed by atoms with Crippen LogP contribution in [0, 0.1) is 5.82 Å². The second-order valence-electron chi connectivity index (χ2n) is 3.98. The van der Waals surface area contributed by atoms with Gasteiger partial charge in [0.1, 0.15) is 6.23 Å². The molecular weight excluding hydrogens is 255 g/mol. The van der Waals surface area contributed by atoms with Gasteiger partial charge in [-0.1, -0.05) is 20.8 Å². The van der Waals surface area contributed by atoms with Gasteiger partial charge in [0.15, 0.2) is 0 Å². The summed E-state index contributed by atoms with van der Waals surface area (Å²) in [7, 11) is 0. The topological polar surface area (TPSA) is 84.3 Å². The van der Waals surface area contributed by atoms with Crippen molar-refractivity contribution in [2.24, 2.45) is 0 Å². The summed E-state index contributed by atoms with van der Waals surface area (Å²) < 4.78 is 19.4. The van der Waals surface area contributed by atoms with Crippen molar-refractivity contribution in [2.45, 2.75) is 52.0 Å². The highest BCUT2D eigenvalue weighted by molar-refractivity contribution is 4.90. The summed E-state index contributed by atoms with van der Waals surface area (Å²) in [6, 6.07) is 0. The van der Waals surface area contributed by atoms with Crippen molar-refractivity contribution in [3.8, 4) is 0 Å². The Labute approximate surface area is 109 Å². The average Bonchev–Trinajstić information content (AvgIpc) is 2.77. The minimum absolute atomic E-state index is 0.198. The van der Waals surface area contributed by atoms with E-state index in [9.17, 15) is 19.1 Å². The first-order chi connectivity index (χ1) is 9.02. The van der Waals surface area contributed by atoms with Crippen LogP contribution in [0.1, 0.15) is 39.8 Å². The predicted molar refractivity (Wildman–Crippen MR) is 67.5 cm³/mol. The van der Waals surface area contributed by atoms with E-state index in [1.807, 2.05) is 25.8 Å². The third-order valence-electron chi connectivity index (χ3n) is 2.84. The molecule has 2 rings (SSSR count). The van der Waals surface area contributed by atoms with Crippen molar-refractivity contribution in [1.29, 1.82) is 0 Å². The normalized spacial score (nSPS) is 25.8. The van der Waals surface area contributed by atoms with E-state index in [0.29, 0.717) is 6.42 Å². The van der Waals surface area contributed by atoms with E-state index in [4.69, 9.17) is 4.74 Å². The first kappa shape index (κ1) is 15.6. The van der Waals surface area contributed by atoms with Crippen molar-refractivity contribution in [2.75, 3.05) is 0 Å². The van der Waals surface area contributed by atoms with E-state index < -0.39 is 29.4 Å². The summed E-state index contributed by atoms with van der Waals surface area (Å²) in [5.41, 5.74) is -1.80. The minimum atomic E-state index is -1.06. The van der Waals surface area contributed by atoms with Crippen molar-refractivity contribution in [3.63, 3.8) is 0 Å². The molecule has 0 aromatic carbocycles. The molecule has 0 bridgehead atoms. The number of ether oxygens (including phenoxy) is 1. The van der Waals surface area contributed by atoms with Crippen LogP contribution in [0.4, 0.5) is 4.39 Å².